The Labute approximate surface area is 118 Å². The van der Waals surface area contributed by atoms with Gasteiger partial charge in [0, 0.05) is 11.8 Å². The summed E-state index contributed by atoms with van der Waals surface area (Å²) in [7, 11) is -7.24. The lowest BCUT2D eigenvalue weighted by atomic mass is 10.1. The molecule has 106 valence electrons. The summed E-state index contributed by atoms with van der Waals surface area (Å²) in [6.45, 7) is 0. The summed E-state index contributed by atoms with van der Waals surface area (Å²) in [5, 5.41) is 5.17. The third-order valence-corrected chi connectivity index (χ3v) is 4.85. The van der Waals surface area contributed by atoms with Gasteiger partial charge in [-0.3, -0.25) is 0 Å². The SMILES string of the molecule is CS(=O)(=O)c1cccc(-c2ccccc2S(N)(=O)=O)c1. The maximum absolute atomic E-state index is 11.6. The van der Waals surface area contributed by atoms with Crippen LogP contribution in [0.3, 0.4) is 0 Å². The molecule has 7 heteroatoms. The fourth-order valence-electron chi connectivity index (χ4n) is 1.85. The molecule has 2 N–H and O–H groups in total. The van der Waals surface area contributed by atoms with Crippen LogP contribution in [0.2, 0.25) is 0 Å². The molecule has 0 saturated heterocycles. The first-order chi connectivity index (χ1) is 9.19. The molecule has 0 aliphatic rings. The second-order valence-electron chi connectivity index (χ2n) is 4.34. The summed E-state index contributed by atoms with van der Waals surface area (Å²) in [5.74, 6) is 0. The Hall–Kier alpha value is -1.70. The van der Waals surface area contributed by atoms with Crippen LogP contribution >= 0.6 is 0 Å². The summed E-state index contributed by atoms with van der Waals surface area (Å²) in [4.78, 5) is 0.0878. The molecule has 0 fully saturated rings. The predicted molar refractivity (Wildman–Crippen MR) is 76.4 cm³/mol. The van der Waals surface area contributed by atoms with E-state index in [-0.39, 0.29) is 9.79 Å². The van der Waals surface area contributed by atoms with Gasteiger partial charge in [0.25, 0.3) is 0 Å². The maximum atomic E-state index is 11.6. The first-order valence-corrected chi connectivity index (χ1v) is 9.06. The number of hydrogen-bond acceptors (Lipinski definition) is 4. The highest BCUT2D eigenvalue weighted by atomic mass is 32.2. The molecule has 0 aliphatic carbocycles. The lowest BCUT2D eigenvalue weighted by molar-refractivity contribution is 0.597. The second-order valence-corrected chi connectivity index (χ2v) is 7.89. The molecule has 0 bridgehead atoms. The average Bonchev–Trinajstić information content (AvgIpc) is 2.37. The first kappa shape index (κ1) is 14.7. The van der Waals surface area contributed by atoms with Crippen molar-refractivity contribution in [1.29, 1.82) is 0 Å². The lowest BCUT2D eigenvalue weighted by Gasteiger charge is -2.09. The Morgan fingerprint density at radius 2 is 1.55 bits per heavy atom. The van der Waals surface area contributed by atoms with Gasteiger partial charge in [-0.25, -0.2) is 22.0 Å². The molecule has 0 amide bonds. The van der Waals surface area contributed by atoms with Crippen molar-refractivity contribution >= 4 is 19.9 Å². The van der Waals surface area contributed by atoms with Crippen LogP contribution in [0.4, 0.5) is 0 Å². The summed E-state index contributed by atoms with van der Waals surface area (Å²) in [6.07, 6.45) is 1.09. The number of sulfone groups is 1. The highest BCUT2D eigenvalue weighted by Gasteiger charge is 2.16. The Kier molecular flexibility index (Phi) is 3.68. The van der Waals surface area contributed by atoms with Crippen LogP contribution in [0, 0.1) is 0 Å². The second kappa shape index (κ2) is 5.01. The van der Waals surface area contributed by atoms with Gasteiger partial charge in [-0.15, -0.1) is 0 Å². The highest BCUT2D eigenvalue weighted by Crippen LogP contribution is 2.28. The van der Waals surface area contributed by atoms with Gasteiger partial charge in [0.15, 0.2) is 9.84 Å². The average molecular weight is 311 g/mol. The number of rotatable bonds is 3. The van der Waals surface area contributed by atoms with E-state index in [2.05, 4.69) is 0 Å². The molecule has 2 aromatic carbocycles. The Morgan fingerprint density at radius 1 is 0.900 bits per heavy atom. The molecule has 0 heterocycles. The van der Waals surface area contributed by atoms with E-state index in [1.165, 1.54) is 18.2 Å². The van der Waals surface area contributed by atoms with E-state index < -0.39 is 19.9 Å². The van der Waals surface area contributed by atoms with Crippen molar-refractivity contribution in [3.8, 4) is 11.1 Å². The number of hydrogen-bond donors (Lipinski definition) is 1. The first-order valence-electron chi connectivity index (χ1n) is 5.62. The monoisotopic (exact) mass is 311 g/mol. The molecule has 0 atom stereocenters. The summed E-state index contributed by atoms with van der Waals surface area (Å²) in [6, 6.07) is 12.3. The van der Waals surface area contributed by atoms with Crippen LogP contribution in [0.5, 0.6) is 0 Å². The zero-order valence-electron chi connectivity index (χ0n) is 10.6. The normalized spacial score (nSPS) is 12.3. The molecule has 20 heavy (non-hydrogen) atoms. The highest BCUT2D eigenvalue weighted by molar-refractivity contribution is 7.90. The van der Waals surface area contributed by atoms with Gasteiger partial charge in [0.05, 0.1) is 9.79 Å². The number of nitrogens with two attached hydrogens (primary N) is 1. The van der Waals surface area contributed by atoms with Crippen LogP contribution in [-0.2, 0) is 19.9 Å². The number of primary sulfonamides is 1. The Bertz CT molecular complexity index is 855. The van der Waals surface area contributed by atoms with Gasteiger partial charge in [0.1, 0.15) is 0 Å². The molecule has 0 aliphatic heterocycles. The molecule has 0 aromatic heterocycles. The predicted octanol–water partition coefficient (Wildman–Crippen LogP) is 1.40. The number of sulfonamides is 1. The topological polar surface area (TPSA) is 94.3 Å². The smallest absolute Gasteiger partial charge is 0.225 e. The van der Waals surface area contributed by atoms with Crippen molar-refractivity contribution in [2.45, 2.75) is 9.79 Å². The van der Waals surface area contributed by atoms with Crippen LogP contribution in [0.15, 0.2) is 58.3 Å². The maximum Gasteiger partial charge on any atom is 0.238 e. The molecule has 2 aromatic rings. The molecule has 5 nitrogen and oxygen atoms in total. The van der Waals surface area contributed by atoms with Crippen molar-refractivity contribution in [3.63, 3.8) is 0 Å². The van der Waals surface area contributed by atoms with Gasteiger partial charge >= 0.3 is 0 Å². The van der Waals surface area contributed by atoms with Crippen LogP contribution < -0.4 is 5.14 Å². The van der Waals surface area contributed by atoms with Crippen molar-refractivity contribution in [2.75, 3.05) is 6.26 Å². The van der Waals surface area contributed by atoms with Crippen molar-refractivity contribution < 1.29 is 16.8 Å². The Balaban J connectivity index is 2.71. The van der Waals surface area contributed by atoms with E-state index in [1.807, 2.05) is 0 Å². The largest absolute Gasteiger partial charge is 0.238 e. The fraction of sp³-hybridized carbons (Fsp3) is 0.0769. The molecule has 0 unspecified atom stereocenters. The van der Waals surface area contributed by atoms with Gasteiger partial charge < -0.3 is 0 Å². The van der Waals surface area contributed by atoms with Crippen LogP contribution in [0.1, 0.15) is 0 Å². The minimum atomic E-state index is -3.88. The zero-order valence-corrected chi connectivity index (χ0v) is 12.3. The van der Waals surface area contributed by atoms with E-state index >= 15 is 0 Å². The van der Waals surface area contributed by atoms with E-state index in [4.69, 9.17) is 5.14 Å². The Morgan fingerprint density at radius 3 is 2.15 bits per heavy atom. The standard InChI is InChI=1S/C13H13NO4S2/c1-19(15,16)11-6-4-5-10(9-11)12-7-2-3-8-13(12)20(14,17)18/h2-9H,1H3,(H2,14,17,18). The van der Waals surface area contributed by atoms with Gasteiger partial charge in [0.2, 0.25) is 10.0 Å². The summed E-state index contributed by atoms with van der Waals surface area (Å²) >= 11 is 0. The quantitative estimate of drug-likeness (QED) is 0.927. The molecule has 0 spiro atoms. The molecule has 0 radical (unpaired) electrons. The van der Waals surface area contributed by atoms with E-state index in [1.54, 1.807) is 30.3 Å². The molecular weight excluding hydrogens is 298 g/mol. The zero-order chi connectivity index (χ0) is 15.0. The third-order valence-electron chi connectivity index (χ3n) is 2.77. The van der Waals surface area contributed by atoms with E-state index in [9.17, 15) is 16.8 Å². The van der Waals surface area contributed by atoms with Gasteiger partial charge in [-0.2, -0.15) is 0 Å². The van der Waals surface area contributed by atoms with E-state index in [0.29, 0.717) is 11.1 Å². The molecule has 2 rings (SSSR count). The molecule has 0 saturated carbocycles. The number of benzene rings is 2. The fourth-order valence-corrected chi connectivity index (χ4v) is 3.27. The van der Waals surface area contributed by atoms with Crippen molar-refractivity contribution in [3.05, 3.63) is 48.5 Å². The van der Waals surface area contributed by atoms with Crippen molar-refractivity contribution in [1.82, 2.24) is 0 Å². The lowest BCUT2D eigenvalue weighted by Crippen LogP contribution is -2.13. The van der Waals surface area contributed by atoms with Crippen LogP contribution in [0.25, 0.3) is 11.1 Å². The van der Waals surface area contributed by atoms with Crippen molar-refractivity contribution in [2.24, 2.45) is 5.14 Å². The third kappa shape index (κ3) is 3.06. The minimum absolute atomic E-state index is 0.0364. The van der Waals surface area contributed by atoms with Gasteiger partial charge in [-0.1, -0.05) is 30.3 Å². The van der Waals surface area contributed by atoms with Crippen LogP contribution in [-0.4, -0.2) is 23.1 Å². The van der Waals surface area contributed by atoms with E-state index in [0.717, 1.165) is 6.26 Å². The summed E-state index contributed by atoms with van der Waals surface area (Å²) < 4.78 is 46.2. The minimum Gasteiger partial charge on any atom is -0.225 e. The summed E-state index contributed by atoms with van der Waals surface area (Å²) in [5.41, 5.74) is 0.859. The molecular formula is C13H13NO4S2. The van der Waals surface area contributed by atoms with Gasteiger partial charge in [-0.05, 0) is 23.8 Å².